The third kappa shape index (κ3) is 10.2. The number of nitrogens with one attached hydrogen (secondary N) is 1. The summed E-state index contributed by atoms with van der Waals surface area (Å²) in [6, 6.07) is 0. The van der Waals surface area contributed by atoms with Gasteiger partial charge in [0.2, 0.25) is 0 Å². The Kier molecular flexibility index (Phi) is 11.4. The second-order valence-electron chi connectivity index (χ2n) is 2.33. The molecule has 0 radical (unpaired) electrons. The van der Waals surface area contributed by atoms with Crippen molar-refractivity contribution in [1.82, 2.24) is 5.32 Å². The van der Waals surface area contributed by atoms with Crippen LogP contribution in [0.3, 0.4) is 0 Å². The number of aliphatic carboxylic acids is 1. The molecule has 5 nitrogen and oxygen atoms in total. The molecule has 0 bridgehead atoms. The Morgan fingerprint density at radius 2 is 2.07 bits per heavy atom. The third-order valence-corrected chi connectivity index (χ3v) is 1.14. The molecule has 0 aliphatic heterocycles. The van der Waals surface area contributed by atoms with Crippen molar-refractivity contribution in [1.29, 1.82) is 0 Å². The summed E-state index contributed by atoms with van der Waals surface area (Å²) in [4.78, 5) is 20.9. The van der Waals surface area contributed by atoms with Gasteiger partial charge in [0.25, 0.3) is 0 Å². The summed E-state index contributed by atoms with van der Waals surface area (Å²) in [6.45, 7) is 3.40. The van der Waals surface area contributed by atoms with Crippen molar-refractivity contribution < 1.29 is 19.4 Å². The first kappa shape index (κ1) is 16.5. The summed E-state index contributed by atoms with van der Waals surface area (Å²) in [5.74, 6) is -1.45. The second kappa shape index (κ2) is 9.66. The number of carboxylic acids is 1. The number of carbonyl (C=O) groups excluding carboxylic acids is 1. The normalized spacial score (nSPS) is 10.0. The van der Waals surface area contributed by atoms with Gasteiger partial charge < -0.3 is 15.2 Å². The van der Waals surface area contributed by atoms with Crippen molar-refractivity contribution in [2.75, 3.05) is 13.2 Å². The monoisotopic (exact) mass is 227 g/mol. The predicted octanol–water partition coefficient (Wildman–Crippen LogP) is -0.521. The van der Waals surface area contributed by atoms with Crippen molar-refractivity contribution in [2.45, 2.75) is 13.8 Å². The molecule has 0 amide bonds. The Hall–Kier alpha value is 0.116. The minimum absolute atomic E-state index is 0. The van der Waals surface area contributed by atoms with Gasteiger partial charge in [-0.15, -0.1) is 0 Å². The topological polar surface area (TPSA) is 75.6 Å². The van der Waals surface area contributed by atoms with Gasteiger partial charge in [0.1, 0.15) is 6.54 Å². The molecule has 0 saturated heterocycles. The van der Waals surface area contributed by atoms with E-state index in [9.17, 15) is 9.59 Å². The summed E-state index contributed by atoms with van der Waals surface area (Å²) in [6.07, 6.45) is 1.21. The zero-order chi connectivity index (χ0) is 10.3. The van der Waals surface area contributed by atoms with Gasteiger partial charge in [0, 0.05) is 11.8 Å². The van der Waals surface area contributed by atoms with E-state index in [-0.39, 0.29) is 57.9 Å². The molecule has 0 spiro atoms. The average Bonchev–Trinajstić information content (AvgIpc) is 2.01. The molecule has 0 atom stereocenters. The molecule has 0 aromatic heterocycles. The van der Waals surface area contributed by atoms with Crippen molar-refractivity contribution in [3.05, 3.63) is 11.8 Å². The van der Waals surface area contributed by atoms with E-state index >= 15 is 0 Å². The molecule has 0 aliphatic carbocycles. The third-order valence-electron chi connectivity index (χ3n) is 1.14. The molecule has 0 saturated carbocycles. The fraction of sp³-hybridized carbons (Fsp3) is 0.500. The van der Waals surface area contributed by atoms with E-state index in [1.807, 2.05) is 0 Å². The fourth-order valence-electron chi connectivity index (χ4n) is 0.627. The molecule has 0 aromatic rings. The Morgan fingerprint density at radius 3 is 2.50 bits per heavy atom. The summed E-state index contributed by atoms with van der Waals surface area (Å²) in [5.41, 5.74) is 0.473. The molecule has 2 N–H and O–H groups in total. The van der Waals surface area contributed by atoms with Gasteiger partial charge in [-0.2, -0.15) is 0 Å². The number of rotatable bonds is 5. The molecule has 0 aromatic carbocycles. The van der Waals surface area contributed by atoms with E-state index in [0.29, 0.717) is 12.3 Å². The van der Waals surface area contributed by atoms with Crippen LogP contribution in [0.1, 0.15) is 13.8 Å². The molecule has 14 heavy (non-hydrogen) atoms. The van der Waals surface area contributed by atoms with E-state index in [0.717, 1.165) is 0 Å². The molecule has 0 unspecified atom stereocenters. The van der Waals surface area contributed by atoms with Crippen LogP contribution < -0.4 is 5.32 Å². The minimum atomic E-state index is -0.975. The van der Waals surface area contributed by atoms with Gasteiger partial charge in [0.15, 0.2) is 0 Å². The van der Waals surface area contributed by atoms with Crippen LogP contribution in [0.5, 0.6) is 0 Å². The van der Waals surface area contributed by atoms with Crippen LogP contribution in [0.25, 0.3) is 0 Å². The van der Waals surface area contributed by atoms with Crippen LogP contribution in [-0.2, 0) is 14.3 Å². The number of ether oxygens (including phenoxy) is 1. The van der Waals surface area contributed by atoms with Crippen molar-refractivity contribution >= 4 is 63.3 Å². The van der Waals surface area contributed by atoms with Crippen molar-refractivity contribution in [3.8, 4) is 0 Å². The molecule has 0 rings (SSSR count). The van der Waals surface area contributed by atoms with Gasteiger partial charge in [-0.05, 0) is 13.8 Å². The first-order valence-electron chi connectivity index (χ1n) is 3.87. The van der Waals surface area contributed by atoms with Crippen molar-refractivity contribution in [3.63, 3.8) is 0 Å². The maximum absolute atomic E-state index is 10.8. The first-order chi connectivity index (χ1) is 6.06. The number of carboxylic acid groups (broad SMARTS) is 1. The number of esters is 1. The predicted molar refractivity (Wildman–Crippen MR) is 53.2 cm³/mol. The molecule has 0 fully saturated rings. The first-order valence-corrected chi connectivity index (χ1v) is 3.87. The van der Waals surface area contributed by atoms with Gasteiger partial charge in [-0.25, -0.2) is 4.79 Å². The Bertz CT molecular complexity index is 227. The van der Waals surface area contributed by atoms with Crippen LogP contribution in [-0.4, -0.2) is 81.6 Å². The zero-order valence-electron chi connectivity index (χ0n) is 7.66. The van der Waals surface area contributed by atoms with Crippen LogP contribution in [0.4, 0.5) is 0 Å². The summed E-state index contributed by atoms with van der Waals surface area (Å²) < 4.78 is 4.62. The van der Waals surface area contributed by atoms with E-state index in [4.69, 9.17) is 5.11 Å². The van der Waals surface area contributed by atoms with Gasteiger partial charge in [-0.1, -0.05) is 0 Å². The molecular weight excluding hydrogens is 213 g/mol. The Balaban J connectivity index is 0. The summed E-state index contributed by atoms with van der Waals surface area (Å²) >= 11 is 0. The SMILES string of the molecule is CCOC(=O)/C=C(\C)NCC(=O)O.[KH]. The fourth-order valence-corrected chi connectivity index (χ4v) is 0.627. The molecular formula is C8H14KNO4. The molecule has 0 aliphatic rings. The van der Waals surface area contributed by atoms with Gasteiger partial charge >= 0.3 is 63.3 Å². The van der Waals surface area contributed by atoms with E-state index in [1.54, 1.807) is 13.8 Å². The van der Waals surface area contributed by atoms with Crippen LogP contribution in [0.15, 0.2) is 11.8 Å². The quantitative estimate of drug-likeness (QED) is 0.375. The van der Waals surface area contributed by atoms with Crippen LogP contribution >= 0.6 is 0 Å². The van der Waals surface area contributed by atoms with E-state index < -0.39 is 11.9 Å². The van der Waals surface area contributed by atoms with Crippen LogP contribution in [0.2, 0.25) is 0 Å². The standard InChI is InChI=1S/C8H13NO4.K.H/c1-3-13-8(12)4-6(2)9-5-7(10)11;;/h4,9H,3,5H2,1-2H3,(H,10,11);;/b6-4+;;. The van der Waals surface area contributed by atoms with E-state index in [2.05, 4.69) is 10.1 Å². The second-order valence-corrected chi connectivity index (χ2v) is 2.33. The Morgan fingerprint density at radius 1 is 1.50 bits per heavy atom. The number of hydrogen-bond donors (Lipinski definition) is 2. The molecule has 76 valence electrons. The van der Waals surface area contributed by atoms with Gasteiger partial charge in [-0.3, -0.25) is 4.79 Å². The van der Waals surface area contributed by atoms with Gasteiger partial charge in [0.05, 0.1) is 6.61 Å². The Labute approximate surface area is 125 Å². The average molecular weight is 227 g/mol. The number of allylic oxidation sites excluding steroid dienone is 1. The number of carbonyl (C=O) groups is 2. The van der Waals surface area contributed by atoms with E-state index in [1.165, 1.54) is 6.08 Å². The molecule has 6 heteroatoms. The number of hydrogen-bond acceptors (Lipinski definition) is 4. The summed E-state index contributed by atoms with van der Waals surface area (Å²) in [5, 5.41) is 10.8. The summed E-state index contributed by atoms with van der Waals surface area (Å²) in [7, 11) is 0. The molecule has 0 heterocycles. The van der Waals surface area contributed by atoms with Crippen molar-refractivity contribution in [2.24, 2.45) is 0 Å². The van der Waals surface area contributed by atoms with Crippen LogP contribution in [0, 0.1) is 0 Å². The maximum atomic E-state index is 10.8. The zero-order valence-corrected chi connectivity index (χ0v) is 7.66.